The lowest BCUT2D eigenvalue weighted by atomic mass is 9.81. The van der Waals surface area contributed by atoms with E-state index in [0.717, 1.165) is 6.42 Å². The molecule has 0 N–H and O–H groups in total. The van der Waals surface area contributed by atoms with Crippen molar-refractivity contribution in [3.05, 3.63) is 35.4 Å². The Morgan fingerprint density at radius 2 is 1.69 bits per heavy atom. The predicted octanol–water partition coefficient (Wildman–Crippen LogP) is 3.75. The number of methoxy groups -OCH3 is 1. The summed E-state index contributed by atoms with van der Waals surface area (Å²) in [6.07, 6.45) is 0.847. The third-order valence-electron chi connectivity index (χ3n) is 2.96. The largest absolute Gasteiger partial charge is 0.385 e. The average molecular weight is 261 g/mol. The van der Waals surface area contributed by atoms with Gasteiger partial charge in [-0.25, -0.2) is 0 Å². The van der Waals surface area contributed by atoms with E-state index >= 15 is 0 Å². The van der Waals surface area contributed by atoms with Gasteiger partial charge >= 0.3 is 0 Å². The van der Waals surface area contributed by atoms with Gasteiger partial charge < -0.3 is 4.74 Å². The maximum absolute atomic E-state index is 6.09. The number of hydrogen-bond acceptors (Lipinski definition) is 1. The monoisotopic (exact) mass is 260 g/mol. The summed E-state index contributed by atoms with van der Waals surface area (Å²) < 4.78 is 5.13. The summed E-state index contributed by atoms with van der Waals surface area (Å²) in [5, 5.41) is 0. The van der Waals surface area contributed by atoms with Crippen LogP contribution in [0.1, 0.15) is 17.5 Å². The fourth-order valence-corrected chi connectivity index (χ4v) is 2.53. The highest BCUT2D eigenvalue weighted by molar-refractivity contribution is 6.22. The SMILES string of the molecule is COCCC(CCl)(CCl)c1ccc(C)cc1. The van der Waals surface area contributed by atoms with Gasteiger partial charge in [0.1, 0.15) is 0 Å². The molecule has 0 aliphatic heterocycles. The molecule has 1 aromatic carbocycles. The van der Waals surface area contributed by atoms with Crippen LogP contribution in [-0.4, -0.2) is 25.5 Å². The fraction of sp³-hybridized carbons (Fsp3) is 0.538. The van der Waals surface area contributed by atoms with Crippen LogP contribution in [0.3, 0.4) is 0 Å². The molecule has 1 nitrogen and oxygen atoms in total. The summed E-state index contributed by atoms with van der Waals surface area (Å²) in [7, 11) is 1.70. The molecule has 90 valence electrons. The molecule has 0 bridgehead atoms. The second kappa shape index (κ2) is 6.48. The molecule has 0 saturated carbocycles. The van der Waals surface area contributed by atoms with Crippen LogP contribution in [0.2, 0.25) is 0 Å². The topological polar surface area (TPSA) is 9.23 Å². The minimum atomic E-state index is -0.174. The van der Waals surface area contributed by atoms with Crippen molar-refractivity contribution < 1.29 is 4.74 Å². The van der Waals surface area contributed by atoms with E-state index in [1.807, 2.05) is 0 Å². The van der Waals surface area contributed by atoms with Gasteiger partial charge in [-0.2, -0.15) is 0 Å². The zero-order chi connectivity index (χ0) is 12.0. The first kappa shape index (κ1) is 13.8. The number of aryl methyl sites for hydroxylation is 1. The highest BCUT2D eigenvalue weighted by Gasteiger charge is 2.30. The molecule has 0 atom stereocenters. The van der Waals surface area contributed by atoms with Crippen molar-refractivity contribution >= 4 is 23.2 Å². The van der Waals surface area contributed by atoms with E-state index in [0.29, 0.717) is 18.4 Å². The Balaban J connectivity index is 2.95. The number of hydrogen-bond donors (Lipinski definition) is 0. The second-order valence-corrected chi connectivity index (χ2v) is 4.69. The van der Waals surface area contributed by atoms with Crippen molar-refractivity contribution in [1.29, 1.82) is 0 Å². The molecule has 0 amide bonds. The molecule has 0 aromatic heterocycles. The fourth-order valence-electron chi connectivity index (χ4n) is 1.67. The minimum Gasteiger partial charge on any atom is -0.385 e. The van der Waals surface area contributed by atoms with E-state index in [2.05, 4.69) is 31.2 Å². The summed E-state index contributed by atoms with van der Waals surface area (Å²) in [6, 6.07) is 8.40. The van der Waals surface area contributed by atoms with Crippen molar-refractivity contribution in [2.75, 3.05) is 25.5 Å². The summed E-state index contributed by atoms with van der Waals surface area (Å²) in [4.78, 5) is 0. The van der Waals surface area contributed by atoms with Gasteiger partial charge in [0.15, 0.2) is 0 Å². The molecule has 1 aromatic rings. The van der Waals surface area contributed by atoms with Gasteiger partial charge in [-0.15, -0.1) is 23.2 Å². The second-order valence-electron chi connectivity index (χ2n) is 4.16. The van der Waals surface area contributed by atoms with E-state index in [1.54, 1.807) is 7.11 Å². The van der Waals surface area contributed by atoms with Gasteiger partial charge in [-0.05, 0) is 18.9 Å². The van der Waals surface area contributed by atoms with Crippen LogP contribution < -0.4 is 0 Å². The molecule has 0 saturated heterocycles. The summed E-state index contributed by atoms with van der Waals surface area (Å²) in [6.45, 7) is 2.75. The number of alkyl halides is 2. The minimum absolute atomic E-state index is 0.174. The van der Waals surface area contributed by atoms with Gasteiger partial charge in [-0.1, -0.05) is 29.8 Å². The van der Waals surface area contributed by atoms with Crippen molar-refractivity contribution in [2.45, 2.75) is 18.8 Å². The molecule has 0 aliphatic rings. The zero-order valence-electron chi connectivity index (χ0n) is 9.80. The Kier molecular flexibility index (Phi) is 5.60. The van der Waals surface area contributed by atoms with Crippen LogP contribution >= 0.6 is 23.2 Å². The maximum Gasteiger partial charge on any atom is 0.0471 e. The zero-order valence-corrected chi connectivity index (χ0v) is 11.3. The molecule has 0 radical (unpaired) electrons. The standard InChI is InChI=1S/C13H18Cl2O/c1-11-3-5-12(6-4-11)13(9-14,10-15)7-8-16-2/h3-6H,7-10H2,1-2H3. The van der Waals surface area contributed by atoms with Crippen LogP contribution in [0.15, 0.2) is 24.3 Å². The molecule has 0 fully saturated rings. The molecule has 0 heterocycles. The first-order valence-corrected chi connectivity index (χ1v) is 6.43. The van der Waals surface area contributed by atoms with Gasteiger partial charge in [0.05, 0.1) is 0 Å². The lowest BCUT2D eigenvalue weighted by molar-refractivity contribution is 0.176. The van der Waals surface area contributed by atoms with E-state index < -0.39 is 0 Å². The lowest BCUT2D eigenvalue weighted by Gasteiger charge is -2.30. The van der Waals surface area contributed by atoms with Gasteiger partial charge in [0, 0.05) is 30.9 Å². The van der Waals surface area contributed by atoms with Gasteiger partial charge in [0.2, 0.25) is 0 Å². The Morgan fingerprint density at radius 1 is 1.12 bits per heavy atom. The van der Waals surface area contributed by atoms with E-state index in [9.17, 15) is 0 Å². The Labute approximate surface area is 108 Å². The van der Waals surface area contributed by atoms with Gasteiger partial charge in [0.25, 0.3) is 0 Å². The quantitative estimate of drug-likeness (QED) is 0.709. The van der Waals surface area contributed by atoms with E-state index in [-0.39, 0.29) is 5.41 Å². The summed E-state index contributed by atoms with van der Waals surface area (Å²) in [5.74, 6) is 1.03. The van der Waals surface area contributed by atoms with Crippen LogP contribution in [0.5, 0.6) is 0 Å². The van der Waals surface area contributed by atoms with Crippen LogP contribution in [0.4, 0.5) is 0 Å². The predicted molar refractivity (Wildman–Crippen MR) is 70.8 cm³/mol. The molecular formula is C13H18Cl2O. The molecule has 0 unspecified atom stereocenters. The maximum atomic E-state index is 6.09. The van der Waals surface area contributed by atoms with E-state index in [1.165, 1.54) is 11.1 Å². The third kappa shape index (κ3) is 3.13. The van der Waals surface area contributed by atoms with Crippen LogP contribution in [0, 0.1) is 6.92 Å². The Hall–Kier alpha value is -0.240. The number of ether oxygens (including phenoxy) is 1. The number of benzene rings is 1. The highest BCUT2D eigenvalue weighted by Crippen LogP contribution is 2.31. The van der Waals surface area contributed by atoms with Crippen molar-refractivity contribution in [1.82, 2.24) is 0 Å². The first-order valence-electron chi connectivity index (χ1n) is 5.36. The normalized spacial score (nSPS) is 11.8. The molecule has 0 spiro atoms. The van der Waals surface area contributed by atoms with Gasteiger partial charge in [-0.3, -0.25) is 0 Å². The third-order valence-corrected chi connectivity index (χ3v) is 3.98. The van der Waals surface area contributed by atoms with Crippen molar-refractivity contribution in [3.8, 4) is 0 Å². The molecule has 16 heavy (non-hydrogen) atoms. The van der Waals surface area contributed by atoms with Crippen molar-refractivity contribution in [2.24, 2.45) is 0 Å². The molecule has 0 aliphatic carbocycles. The Bertz CT molecular complexity index is 304. The molecule has 1 rings (SSSR count). The number of halogens is 2. The first-order chi connectivity index (χ1) is 7.68. The highest BCUT2D eigenvalue weighted by atomic mass is 35.5. The smallest absolute Gasteiger partial charge is 0.0471 e. The van der Waals surface area contributed by atoms with E-state index in [4.69, 9.17) is 27.9 Å². The number of rotatable bonds is 6. The Morgan fingerprint density at radius 3 is 2.12 bits per heavy atom. The average Bonchev–Trinajstić information content (AvgIpc) is 2.33. The lowest BCUT2D eigenvalue weighted by Crippen LogP contribution is -2.32. The van der Waals surface area contributed by atoms with Crippen LogP contribution in [-0.2, 0) is 10.2 Å². The van der Waals surface area contributed by atoms with Crippen molar-refractivity contribution in [3.63, 3.8) is 0 Å². The summed E-state index contributed by atoms with van der Waals surface area (Å²) >= 11 is 12.2. The summed E-state index contributed by atoms with van der Waals surface area (Å²) in [5.41, 5.74) is 2.26. The van der Waals surface area contributed by atoms with Crippen LogP contribution in [0.25, 0.3) is 0 Å². The molecular weight excluding hydrogens is 243 g/mol. The molecule has 3 heteroatoms.